The summed E-state index contributed by atoms with van der Waals surface area (Å²) in [5.74, 6) is 1.41. The monoisotopic (exact) mass is 574 g/mol. The van der Waals surface area contributed by atoms with Gasteiger partial charge in [-0.25, -0.2) is 14.8 Å². The van der Waals surface area contributed by atoms with E-state index in [0.717, 1.165) is 36.2 Å². The highest BCUT2D eigenvalue weighted by molar-refractivity contribution is 7.10. The molecule has 0 radical (unpaired) electrons. The lowest BCUT2D eigenvalue weighted by molar-refractivity contribution is 0.0188. The second kappa shape index (κ2) is 12.0. The number of amides is 2. The molecule has 3 aromatic heterocycles. The highest BCUT2D eigenvalue weighted by Crippen LogP contribution is 2.29. The Hall–Kier alpha value is -4.32. The van der Waals surface area contributed by atoms with Crippen molar-refractivity contribution in [1.82, 2.24) is 24.2 Å². The first kappa shape index (κ1) is 28.2. The lowest BCUT2D eigenvalue weighted by atomic mass is 9.97. The smallest absolute Gasteiger partial charge is 0.410 e. The molecule has 1 aliphatic rings. The number of hydrogen-bond donors (Lipinski definition) is 3. The highest BCUT2D eigenvalue weighted by atomic mass is 32.1. The van der Waals surface area contributed by atoms with E-state index in [4.69, 9.17) is 4.74 Å². The number of rotatable bonds is 7. The van der Waals surface area contributed by atoms with Crippen molar-refractivity contribution >= 4 is 56.9 Å². The van der Waals surface area contributed by atoms with Crippen LogP contribution in [0.3, 0.4) is 0 Å². The molecule has 4 heterocycles. The van der Waals surface area contributed by atoms with E-state index in [-0.39, 0.29) is 12.0 Å². The maximum Gasteiger partial charge on any atom is 0.410 e. The Labute approximate surface area is 242 Å². The molecular weight excluding hydrogens is 540 g/mol. The zero-order valence-electron chi connectivity index (χ0n) is 23.6. The number of carbonyl (C=O) groups is 2. The van der Waals surface area contributed by atoms with Crippen molar-refractivity contribution in [1.29, 1.82) is 0 Å². The predicted octanol–water partition coefficient (Wildman–Crippen LogP) is 5.84. The van der Waals surface area contributed by atoms with Crippen LogP contribution in [0.4, 0.5) is 27.1 Å². The average Bonchev–Trinajstić information content (AvgIpc) is 3.31. The third-order valence-electron chi connectivity index (χ3n) is 6.64. The number of pyridine rings is 1. The zero-order chi connectivity index (χ0) is 29.0. The van der Waals surface area contributed by atoms with Gasteiger partial charge in [0.25, 0.3) is 5.91 Å². The van der Waals surface area contributed by atoms with Crippen molar-refractivity contribution in [3.8, 4) is 0 Å². The molecule has 2 amide bonds. The summed E-state index contributed by atoms with van der Waals surface area (Å²) in [6.45, 7) is 9.55. The van der Waals surface area contributed by atoms with Crippen LogP contribution in [0.1, 0.15) is 49.7 Å². The summed E-state index contributed by atoms with van der Waals surface area (Å²) in [6, 6.07) is 11.3. The Kier molecular flexibility index (Phi) is 8.29. The van der Waals surface area contributed by atoms with E-state index >= 15 is 0 Å². The molecule has 1 fully saturated rings. The maximum atomic E-state index is 13.2. The van der Waals surface area contributed by atoms with Gasteiger partial charge in [-0.05, 0) is 82.3 Å². The van der Waals surface area contributed by atoms with Crippen molar-refractivity contribution in [3.05, 3.63) is 60.0 Å². The molecule has 0 bridgehead atoms. The number of carbonyl (C=O) groups excluding carboxylic acids is 2. The van der Waals surface area contributed by atoms with Crippen LogP contribution < -0.4 is 16.0 Å². The fourth-order valence-corrected chi connectivity index (χ4v) is 5.32. The number of anilines is 4. The Bertz CT molecular complexity index is 1530. The second-order valence-electron chi connectivity index (χ2n) is 11.0. The van der Waals surface area contributed by atoms with Gasteiger partial charge in [-0.15, -0.1) is 0 Å². The molecule has 12 heteroatoms. The molecule has 3 N–H and O–H groups in total. The van der Waals surface area contributed by atoms with Crippen molar-refractivity contribution < 1.29 is 14.3 Å². The Morgan fingerprint density at radius 1 is 1.02 bits per heavy atom. The number of para-hydroxylation sites is 2. The minimum atomic E-state index is -0.488. The maximum absolute atomic E-state index is 13.2. The molecule has 0 saturated carbocycles. The summed E-state index contributed by atoms with van der Waals surface area (Å²) in [6.07, 6.45) is 4.81. The van der Waals surface area contributed by atoms with Crippen LogP contribution in [0.15, 0.2) is 48.8 Å². The Balaban J connectivity index is 1.13. The molecule has 41 heavy (non-hydrogen) atoms. The van der Waals surface area contributed by atoms with Gasteiger partial charge in [0, 0.05) is 19.6 Å². The number of fused-ring (bicyclic) bond motifs is 1. The lowest BCUT2D eigenvalue weighted by Gasteiger charge is -2.33. The first-order chi connectivity index (χ1) is 19.6. The van der Waals surface area contributed by atoms with E-state index < -0.39 is 5.60 Å². The van der Waals surface area contributed by atoms with Crippen molar-refractivity contribution in [2.45, 2.75) is 46.1 Å². The first-order valence-corrected chi connectivity index (χ1v) is 14.4. The highest BCUT2D eigenvalue weighted by Gasteiger charge is 2.27. The Morgan fingerprint density at radius 3 is 2.49 bits per heavy atom. The number of ether oxygens (including phenoxy) is 1. The van der Waals surface area contributed by atoms with Crippen LogP contribution in [0.2, 0.25) is 0 Å². The second-order valence-corrected chi connectivity index (χ2v) is 11.8. The van der Waals surface area contributed by atoms with Gasteiger partial charge in [0.2, 0.25) is 0 Å². The molecule has 0 unspecified atom stereocenters. The zero-order valence-corrected chi connectivity index (χ0v) is 24.4. The van der Waals surface area contributed by atoms with Gasteiger partial charge in [-0.3, -0.25) is 9.78 Å². The number of nitrogens with one attached hydrogen (secondary N) is 3. The van der Waals surface area contributed by atoms with Crippen molar-refractivity contribution in [2.75, 3.05) is 35.6 Å². The molecule has 11 nitrogen and oxygen atoms in total. The summed E-state index contributed by atoms with van der Waals surface area (Å²) in [5, 5.41) is 10.1. The number of nitrogens with zero attached hydrogens (tertiary/aromatic N) is 5. The van der Waals surface area contributed by atoms with Gasteiger partial charge < -0.3 is 25.6 Å². The number of piperidine rings is 1. The fraction of sp³-hybridized carbons (Fsp3) is 0.379. The molecule has 214 valence electrons. The SMILES string of the molecule is Cc1nsc(Nc2cnc3ccccc3n2)c1C(=O)Nc1ccc(NCC2CCN(C(=O)OC(C)(C)C)CC2)nc1. The Morgan fingerprint density at radius 2 is 1.78 bits per heavy atom. The molecule has 0 aliphatic carbocycles. The van der Waals surface area contributed by atoms with E-state index in [1.54, 1.807) is 24.2 Å². The largest absolute Gasteiger partial charge is 0.444 e. The summed E-state index contributed by atoms with van der Waals surface area (Å²) in [4.78, 5) is 40.7. The molecule has 1 aromatic carbocycles. The van der Waals surface area contributed by atoms with Crippen LogP contribution in [0.25, 0.3) is 11.0 Å². The number of aryl methyl sites for hydroxylation is 1. The van der Waals surface area contributed by atoms with E-state index in [9.17, 15) is 9.59 Å². The van der Waals surface area contributed by atoms with Gasteiger partial charge in [0.15, 0.2) is 0 Å². The van der Waals surface area contributed by atoms with Gasteiger partial charge in [0.05, 0.1) is 40.4 Å². The van der Waals surface area contributed by atoms with Gasteiger partial charge >= 0.3 is 6.09 Å². The first-order valence-electron chi connectivity index (χ1n) is 13.6. The topological polar surface area (TPSA) is 134 Å². The molecule has 5 rings (SSSR count). The standard InChI is InChI=1S/C29H34N8O3S/c1-18-25(27(41-36-18)35-24-17-30-21-7-5-6-8-22(21)34-24)26(38)33-20-9-10-23(32-16-20)31-15-19-11-13-37(14-12-19)28(39)40-29(2,3)4/h5-10,16-17,19H,11-15H2,1-4H3,(H,31,32)(H,33,38)(H,34,35). The summed E-state index contributed by atoms with van der Waals surface area (Å²) in [7, 11) is 0. The summed E-state index contributed by atoms with van der Waals surface area (Å²) >= 11 is 1.20. The van der Waals surface area contributed by atoms with Crippen LogP contribution in [-0.4, -0.2) is 61.5 Å². The summed E-state index contributed by atoms with van der Waals surface area (Å²) < 4.78 is 9.84. The van der Waals surface area contributed by atoms with Crippen molar-refractivity contribution in [2.24, 2.45) is 5.92 Å². The molecule has 0 atom stereocenters. The minimum Gasteiger partial charge on any atom is -0.444 e. The van der Waals surface area contributed by atoms with Gasteiger partial charge in [0.1, 0.15) is 22.2 Å². The van der Waals surface area contributed by atoms with Crippen LogP contribution in [0, 0.1) is 12.8 Å². The molecule has 1 saturated heterocycles. The molecule has 1 aliphatic heterocycles. The number of hydrogen-bond acceptors (Lipinski definition) is 10. The minimum absolute atomic E-state index is 0.248. The van der Waals surface area contributed by atoms with E-state index in [1.165, 1.54) is 11.5 Å². The van der Waals surface area contributed by atoms with Crippen LogP contribution >= 0.6 is 11.5 Å². The van der Waals surface area contributed by atoms with Gasteiger partial charge in [-0.1, -0.05) is 12.1 Å². The molecule has 4 aromatic rings. The molecule has 0 spiro atoms. The molecular formula is C29H34N8O3S. The fourth-order valence-electron chi connectivity index (χ4n) is 4.52. The number of aromatic nitrogens is 4. The number of likely N-dealkylation sites (tertiary alicyclic amines) is 1. The van der Waals surface area contributed by atoms with Gasteiger partial charge in [-0.2, -0.15) is 4.37 Å². The van der Waals surface area contributed by atoms with E-state index in [0.29, 0.717) is 46.8 Å². The quantitative estimate of drug-likeness (QED) is 0.249. The van der Waals surface area contributed by atoms with Crippen LogP contribution in [0.5, 0.6) is 0 Å². The lowest BCUT2D eigenvalue weighted by Crippen LogP contribution is -2.42. The number of benzene rings is 1. The normalized spacial score (nSPS) is 14.1. The average molecular weight is 575 g/mol. The van der Waals surface area contributed by atoms with E-state index in [1.807, 2.05) is 57.2 Å². The third-order valence-corrected chi connectivity index (χ3v) is 7.49. The third kappa shape index (κ3) is 7.26. The van der Waals surface area contributed by atoms with Crippen molar-refractivity contribution in [3.63, 3.8) is 0 Å². The van der Waals surface area contributed by atoms with Crippen LogP contribution in [-0.2, 0) is 4.74 Å². The van der Waals surface area contributed by atoms with E-state index in [2.05, 4.69) is 35.3 Å². The predicted molar refractivity (Wildman–Crippen MR) is 161 cm³/mol. The summed E-state index contributed by atoms with van der Waals surface area (Å²) in [5.41, 5.74) is 2.71.